The molecule has 3 aromatic rings. The van der Waals surface area contributed by atoms with Crippen LogP contribution in [0, 0.1) is 0 Å². The fourth-order valence-electron chi connectivity index (χ4n) is 2.92. The number of aromatic nitrogens is 1. The van der Waals surface area contributed by atoms with Crippen molar-refractivity contribution in [3.8, 4) is 11.3 Å². The second-order valence-electron chi connectivity index (χ2n) is 6.24. The average molecular weight is 395 g/mol. The Morgan fingerprint density at radius 1 is 1.14 bits per heavy atom. The van der Waals surface area contributed by atoms with E-state index in [4.69, 9.17) is 4.52 Å². The van der Waals surface area contributed by atoms with Crippen molar-refractivity contribution in [1.82, 2.24) is 5.16 Å². The highest BCUT2D eigenvalue weighted by molar-refractivity contribution is 7.92. The number of sulfonamides is 1. The van der Waals surface area contributed by atoms with Crippen LogP contribution in [0.25, 0.3) is 22.9 Å². The van der Waals surface area contributed by atoms with E-state index in [2.05, 4.69) is 14.9 Å². The molecule has 0 spiro atoms. The van der Waals surface area contributed by atoms with Crippen molar-refractivity contribution in [2.75, 3.05) is 10.5 Å². The van der Waals surface area contributed by atoms with E-state index in [0.717, 1.165) is 16.8 Å². The summed E-state index contributed by atoms with van der Waals surface area (Å²) in [5.41, 5.74) is 4.15. The first-order valence-electron chi connectivity index (χ1n) is 8.64. The second-order valence-corrected chi connectivity index (χ2v) is 8.25. The summed E-state index contributed by atoms with van der Waals surface area (Å²) >= 11 is 0. The SMILES string of the molecule is CCS(=O)(=O)Nc1ccc(-c2[nH]oc(=O)c2C=C2C=Nc3ccccc32)cc1. The first-order chi connectivity index (χ1) is 13.5. The number of hydrogen-bond donors (Lipinski definition) is 2. The van der Waals surface area contributed by atoms with Crippen molar-refractivity contribution in [1.29, 1.82) is 0 Å². The van der Waals surface area contributed by atoms with Gasteiger partial charge in [0.15, 0.2) is 0 Å². The van der Waals surface area contributed by atoms with E-state index in [0.29, 0.717) is 22.5 Å². The van der Waals surface area contributed by atoms with Crippen LogP contribution in [0.5, 0.6) is 0 Å². The van der Waals surface area contributed by atoms with Crippen LogP contribution in [0.4, 0.5) is 11.4 Å². The van der Waals surface area contributed by atoms with Crippen molar-refractivity contribution in [3.63, 3.8) is 0 Å². The summed E-state index contributed by atoms with van der Waals surface area (Å²) in [6.07, 6.45) is 3.45. The van der Waals surface area contributed by atoms with Crippen LogP contribution >= 0.6 is 0 Å². The van der Waals surface area contributed by atoms with Crippen LogP contribution in [0.2, 0.25) is 0 Å². The van der Waals surface area contributed by atoms with Gasteiger partial charge in [-0.25, -0.2) is 18.4 Å². The minimum Gasteiger partial charge on any atom is -0.338 e. The first kappa shape index (κ1) is 18.0. The quantitative estimate of drug-likeness (QED) is 0.688. The monoisotopic (exact) mass is 395 g/mol. The highest BCUT2D eigenvalue weighted by atomic mass is 32.2. The molecule has 0 bridgehead atoms. The van der Waals surface area contributed by atoms with Gasteiger partial charge in [-0.1, -0.05) is 30.3 Å². The van der Waals surface area contributed by atoms with Crippen molar-refractivity contribution in [2.24, 2.45) is 4.99 Å². The molecule has 0 saturated heterocycles. The topological polar surface area (TPSA) is 105 Å². The van der Waals surface area contributed by atoms with Crippen LogP contribution in [-0.2, 0) is 10.0 Å². The zero-order valence-corrected chi connectivity index (χ0v) is 15.8. The number of rotatable bonds is 5. The molecule has 0 fully saturated rings. The summed E-state index contributed by atoms with van der Waals surface area (Å²) < 4.78 is 30.8. The fraction of sp³-hybridized carbons (Fsp3) is 0.100. The van der Waals surface area contributed by atoms with Gasteiger partial charge < -0.3 is 4.52 Å². The Morgan fingerprint density at radius 3 is 2.64 bits per heavy atom. The molecule has 2 aromatic carbocycles. The number of anilines is 1. The molecule has 2 heterocycles. The van der Waals surface area contributed by atoms with E-state index in [1.54, 1.807) is 43.5 Å². The Balaban J connectivity index is 1.70. The highest BCUT2D eigenvalue weighted by Crippen LogP contribution is 2.33. The van der Waals surface area contributed by atoms with Gasteiger partial charge in [0.1, 0.15) is 0 Å². The number of benzene rings is 2. The zero-order chi connectivity index (χ0) is 19.7. The van der Waals surface area contributed by atoms with E-state index in [-0.39, 0.29) is 5.75 Å². The van der Waals surface area contributed by atoms with E-state index in [1.165, 1.54) is 0 Å². The van der Waals surface area contributed by atoms with Crippen molar-refractivity contribution in [3.05, 3.63) is 70.1 Å². The second kappa shape index (κ2) is 6.97. The predicted octanol–water partition coefficient (Wildman–Crippen LogP) is 3.65. The molecular formula is C20H17N3O4S. The van der Waals surface area contributed by atoms with Crippen LogP contribution < -0.4 is 10.3 Å². The molecule has 0 unspecified atom stereocenters. The van der Waals surface area contributed by atoms with Crippen LogP contribution in [-0.4, -0.2) is 25.5 Å². The van der Waals surface area contributed by atoms with Gasteiger partial charge in [-0.2, -0.15) is 0 Å². The lowest BCUT2D eigenvalue weighted by atomic mass is 10.0. The number of allylic oxidation sites excluding steroid dienone is 1. The molecular weight excluding hydrogens is 378 g/mol. The van der Waals surface area contributed by atoms with Gasteiger partial charge in [-0.15, -0.1) is 0 Å². The number of para-hydroxylation sites is 1. The molecule has 0 aliphatic carbocycles. The predicted molar refractivity (Wildman–Crippen MR) is 110 cm³/mol. The zero-order valence-electron chi connectivity index (χ0n) is 15.0. The molecule has 0 amide bonds. The number of aromatic amines is 1. The maximum atomic E-state index is 12.2. The molecule has 0 atom stereocenters. The Morgan fingerprint density at radius 2 is 1.89 bits per heavy atom. The molecule has 4 rings (SSSR count). The number of nitrogens with zero attached hydrogens (tertiary/aromatic N) is 1. The molecule has 1 aromatic heterocycles. The minimum atomic E-state index is -3.35. The molecule has 7 nitrogen and oxygen atoms in total. The maximum Gasteiger partial charge on any atom is 0.365 e. The molecule has 0 radical (unpaired) electrons. The molecule has 8 heteroatoms. The van der Waals surface area contributed by atoms with Gasteiger partial charge in [0, 0.05) is 28.6 Å². The van der Waals surface area contributed by atoms with Crippen LogP contribution in [0.1, 0.15) is 18.1 Å². The Hall–Kier alpha value is -3.39. The lowest BCUT2D eigenvalue weighted by Crippen LogP contribution is -2.14. The van der Waals surface area contributed by atoms with Crippen LogP contribution in [0.15, 0.2) is 62.8 Å². The summed E-state index contributed by atoms with van der Waals surface area (Å²) in [4.78, 5) is 16.6. The summed E-state index contributed by atoms with van der Waals surface area (Å²) in [6, 6.07) is 14.4. The van der Waals surface area contributed by atoms with E-state index >= 15 is 0 Å². The van der Waals surface area contributed by atoms with Gasteiger partial charge in [-0.3, -0.25) is 9.71 Å². The Labute approximate surface area is 161 Å². The summed E-state index contributed by atoms with van der Waals surface area (Å²) in [5, 5.41) is 2.65. The number of nitrogens with one attached hydrogen (secondary N) is 2. The number of H-pyrrole nitrogens is 1. The minimum absolute atomic E-state index is 0.00938. The smallest absolute Gasteiger partial charge is 0.338 e. The van der Waals surface area contributed by atoms with Gasteiger partial charge in [-0.05, 0) is 31.2 Å². The van der Waals surface area contributed by atoms with Crippen molar-refractivity contribution in [2.45, 2.75) is 6.92 Å². The normalized spacial score (nSPS) is 14.4. The standard InChI is InChI=1S/C20H17N3O4S/c1-2-28(25,26)23-15-9-7-13(8-10-15)19-17(20(24)27-22-19)11-14-12-21-18-6-4-3-5-16(14)18/h3-12,22-23H,2H2,1H3. The largest absolute Gasteiger partial charge is 0.365 e. The van der Waals surface area contributed by atoms with Crippen molar-refractivity contribution >= 4 is 39.3 Å². The number of hydrogen-bond acceptors (Lipinski definition) is 5. The molecule has 0 saturated carbocycles. The summed E-state index contributed by atoms with van der Waals surface area (Å²) in [5.74, 6) is -0.00938. The summed E-state index contributed by atoms with van der Waals surface area (Å²) in [6.45, 7) is 1.57. The lowest BCUT2D eigenvalue weighted by molar-refractivity contribution is 0.393. The third-order valence-corrected chi connectivity index (χ3v) is 5.73. The van der Waals surface area contributed by atoms with Gasteiger partial charge in [0.2, 0.25) is 10.0 Å². The molecule has 28 heavy (non-hydrogen) atoms. The average Bonchev–Trinajstić information content (AvgIpc) is 3.27. The molecule has 142 valence electrons. The number of aliphatic imine (C=N–C) groups is 1. The molecule has 2 N–H and O–H groups in total. The summed E-state index contributed by atoms with van der Waals surface area (Å²) in [7, 11) is -3.35. The van der Waals surface area contributed by atoms with Gasteiger partial charge in [0.05, 0.1) is 22.7 Å². The van der Waals surface area contributed by atoms with E-state index in [9.17, 15) is 13.2 Å². The first-order valence-corrected chi connectivity index (χ1v) is 10.3. The lowest BCUT2D eigenvalue weighted by Gasteiger charge is -2.06. The maximum absolute atomic E-state index is 12.2. The third-order valence-electron chi connectivity index (χ3n) is 4.42. The van der Waals surface area contributed by atoms with Crippen molar-refractivity contribution < 1.29 is 12.9 Å². The molecule has 1 aliphatic heterocycles. The van der Waals surface area contributed by atoms with E-state index < -0.39 is 15.6 Å². The number of fused-ring (bicyclic) bond motifs is 1. The fourth-order valence-corrected chi connectivity index (χ4v) is 3.56. The molecule has 1 aliphatic rings. The Bertz CT molecular complexity index is 1250. The van der Waals surface area contributed by atoms with Gasteiger partial charge in [0.25, 0.3) is 0 Å². The van der Waals surface area contributed by atoms with Gasteiger partial charge >= 0.3 is 5.63 Å². The Kier molecular flexibility index (Phi) is 4.48. The van der Waals surface area contributed by atoms with Crippen LogP contribution in [0.3, 0.4) is 0 Å². The third kappa shape index (κ3) is 3.41. The highest BCUT2D eigenvalue weighted by Gasteiger charge is 2.17. The van der Waals surface area contributed by atoms with E-state index in [1.807, 2.05) is 24.3 Å².